The van der Waals surface area contributed by atoms with Gasteiger partial charge >= 0.3 is 5.97 Å². The Labute approximate surface area is 123 Å². The van der Waals surface area contributed by atoms with Gasteiger partial charge in [-0.3, -0.25) is 4.68 Å². The van der Waals surface area contributed by atoms with Gasteiger partial charge in [0.05, 0.1) is 30.1 Å². The van der Waals surface area contributed by atoms with Crippen LogP contribution in [0.5, 0.6) is 0 Å². The van der Waals surface area contributed by atoms with Crippen LogP contribution < -0.4 is 11.1 Å². The fourth-order valence-corrected chi connectivity index (χ4v) is 2.08. The fourth-order valence-electron chi connectivity index (χ4n) is 2.08. The molecule has 21 heavy (non-hydrogen) atoms. The molecule has 0 aliphatic carbocycles. The molecule has 0 aliphatic rings. The van der Waals surface area contributed by atoms with Crippen molar-refractivity contribution >= 4 is 17.3 Å². The average molecular weight is 288 g/mol. The zero-order chi connectivity index (χ0) is 15.2. The normalized spacial score (nSPS) is 11.9. The Kier molecular flexibility index (Phi) is 4.81. The molecule has 0 aliphatic heterocycles. The molecule has 1 atom stereocenters. The fraction of sp³-hybridized carbons (Fsp3) is 0.333. The molecule has 112 valence electrons. The van der Waals surface area contributed by atoms with Crippen LogP contribution in [-0.4, -0.2) is 28.4 Å². The topological polar surface area (TPSA) is 82.2 Å². The number of hydrogen-bond donors (Lipinski definition) is 2. The van der Waals surface area contributed by atoms with Gasteiger partial charge < -0.3 is 15.8 Å². The van der Waals surface area contributed by atoms with Crippen molar-refractivity contribution in [3.05, 3.63) is 42.2 Å². The van der Waals surface area contributed by atoms with Crippen LogP contribution in [0.3, 0.4) is 0 Å². The van der Waals surface area contributed by atoms with Gasteiger partial charge in [0.15, 0.2) is 0 Å². The van der Waals surface area contributed by atoms with Crippen LogP contribution in [0.2, 0.25) is 0 Å². The number of nitrogens with two attached hydrogens (primary N) is 1. The average Bonchev–Trinajstić information content (AvgIpc) is 2.94. The van der Waals surface area contributed by atoms with E-state index >= 15 is 0 Å². The van der Waals surface area contributed by atoms with E-state index in [1.54, 1.807) is 25.3 Å². The monoisotopic (exact) mass is 288 g/mol. The highest BCUT2D eigenvalue weighted by Crippen LogP contribution is 2.24. The molecule has 0 saturated heterocycles. The first-order valence-corrected chi connectivity index (χ1v) is 6.91. The molecular formula is C15H20N4O2. The van der Waals surface area contributed by atoms with E-state index in [2.05, 4.69) is 10.4 Å². The Morgan fingerprint density at radius 1 is 1.48 bits per heavy atom. The maximum atomic E-state index is 11.8. The summed E-state index contributed by atoms with van der Waals surface area (Å²) in [6, 6.07) is 7.28. The first-order valence-electron chi connectivity index (χ1n) is 6.91. The third-order valence-corrected chi connectivity index (χ3v) is 3.02. The number of esters is 1. The van der Waals surface area contributed by atoms with E-state index in [0.29, 0.717) is 24.4 Å². The first kappa shape index (κ1) is 14.9. The second-order valence-corrected chi connectivity index (χ2v) is 4.76. The highest BCUT2D eigenvalue weighted by atomic mass is 16.5. The number of benzene rings is 1. The van der Waals surface area contributed by atoms with Gasteiger partial charge in [-0.15, -0.1) is 0 Å². The molecule has 0 fully saturated rings. The minimum atomic E-state index is -0.404. The van der Waals surface area contributed by atoms with E-state index in [9.17, 15) is 4.79 Å². The second kappa shape index (κ2) is 6.78. The molecular weight excluding hydrogens is 268 g/mol. The van der Waals surface area contributed by atoms with Crippen LogP contribution in [0.25, 0.3) is 0 Å². The molecule has 0 saturated carbocycles. The maximum absolute atomic E-state index is 11.8. The smallest absolute Gasteiger partial charge is 0.340 e. The maximum Gasteiger partial charge on any atom is 0.340 e. The van der Waals surface area contributed by atoms with E-state index in [4.69, 9.17) is 10.5 Å². The third kappa shape index (κ3) is 3.75. The van der Waals surface area contributed by atoms with E-state index in [1.165, 1.54) is 0 Å². The Balaban J connectivity index is 2.09. The molecule has 3 N–H and O–H groups in total. The van der Waals surface area contributed by atoms with Crippen molar-refractivity contribution < 1.29 is 9.53 Å². The number of nitrogens with one attached hydrogen (secondary N) is 1. The van der Waals surface area contributed by atoms with E-state index in [-0.39, 0.29) is 6.04 Å². The van der Waals surface area contributed by atoms with Gasteiger partial charge in [-0.25, -0.2) is 4.79 Å². The van der Waals surface area contributed by atoms with E-state index < -0.39 is 5.97 Å². The van der Waals surface area contributed by atoms with Crippen LogP contribution >= 0.6 is 0 Å². The van der Waals surface area contributed by atoms with Crippen molar-refractivity contribution in [1.29, 1.82) is 0 Å². The lowest BCUT2D eigenvalue weighted by molar-refractivity contribution is 0.0527. The van der Waals surface area contributed by atoms with Crippen molar-refractivity contribution in [1.82, 2.24) is 9.78 Å². The Morgan fingerprint density at radius 2 is 2.29 bits per heavy atom. The number of nitrogens with zero attached hydrogens (tertiary/aromatic N) is 2. The molecule has 1 unspecified atom stereocenters. The summed E-state index contributed by atoms with van der Waals surface area (Å²) in [5, 5.41) is 7.45. The summed E-state index contributed by atoms with van der Waals surface area (Å²) in [4.78, 5) is 11.8. The predicted octanol–water partition coefficient (Wildman–Crippen LogP) is 2.14. The third-order valence-electron chi connectivity index (χ3n) is 3.02. The molecule has 1 aromatic heterocycles. The number of aromatic nitrogens is 2. The number of carbonyl (C=O) groups excluding carboxylic acids is 1. The van der Waals surface area contributed by atoms with Gasteiger partial charge in [-0.2, -0.15) is 5.10 Å². The predicted molar refractivity (Wildman–Crippen MR) is 82.1 cm³/mol. The summed E-state index contributed by atoms with van der Waals surface area (Å²) < 4.78 is 6.83. The number of rotatable bonds is 6. The number of anilines is 2. The Bertz CT molecular complexity index is 596. The second-order valence-electron chi connectivity index (χ2n) is 4.76. The van der Waals surface area contributed by atoms with E-state index in [0.717, 1.165) is 5.69 Å². The molecule has 1 aromatic carbocycles. The van der Waals surface area contributed by atoms with Crippen LogP contribution in [0.4, 0.5) is 11.4 Å². The molecule has 2 aromatic rings. The van der Waals surface area contributed by atoms with Gasteiger partial charge in [-0.1, -0.05) is 6.07 Å². The Morgan fingerprint density at radius 3 is 2.95 bits per heavy atom. The standard InChI is InChI=1S/C15H20N4O2/c1-3-21-15(20)12-6-4-7-13(14(12)16)18-11(2)10-19-9-5-8-17-19/h4-9,11,18H,3,10,16H2,1-2H3. The summed E-state index contributed by atoms with van der Waals surface area (Å²) in [5.74, 6) is -0.404. The number of para-hydroxylation sites is 1. The molecule has 2 rings (SSSR count). The van der Waals surface area contributed by atoms with Gasteiger partial charge in [0.25, 0.3) is 0 Å². The Hall–Kier alpha value is -2.50. The summed E-state index contributed by atoms with van der Waals surface area (Å²) in [6.07, 6.45) is 3.64. The van der Waals surface area contributed by atoms with Crippen LogP contribution in [-0.2, 0) is 11.3 Å². The zero-order valence-corrected chi connectivity index (χ0v) is 12.2. The van der Waals surface area contributed by atoms with Gasteiger partial charge in [0.2, 0.25) is 0 Å². The highest BCUT2D eigenvalue weighted by molar-refractivity contribution is 5.98. The van der Waals surface area contributed by atoms with Crippen LogP contribution in [0, 0.1) is 0 Å². The summed E-state index contributed by atoms with van der Waals surface area (Å²) in [6.45, 7) is 4.82. The molecule has 0 radical (unpaired) electrons. The van der Waals surface area contributed by atoms with Gasteiger partial charge in [-0.05, 0) is 32.0 Å². The number of ether oxygens (including phenoxy) is 1. The molecule has 6 nitrogen and oxygen atoms in total. The summed E-state index contributed by atoms with van der Waals surface area (Å²) in [5.41, 5.74) is 7.56. The van der Waals surface area contributed by atoms with Gasteiger partial charge in [0.1, 0.15) is 0 Å². The number of nitrogen functional groups attached to an aromatic ring is 1. The molecule has 0 spiro atoms. The van der Waals surface area contributed by atoms with Crippen molar-refractivity contribution in [3.63, 3.8) is 0 Å². The largest absolute Gasteiger partial charge is 0.462 e. The lowest BCUT2D eigenvalue weighted by atomic mass is 10.1. The minimum Gasteiger partial charge on any atom is -0.462 e. The molecule has 0 amide bonds. The lowest BCUT2D eigenvalue weighted by Crippen LogP contribution is -2.23. The quantitative estimate of drug-likeness (QED) is 0.628. The molecule has 1 heterocycles. The number of carbonyl (C=O) groups is 1. The van der Waals surface area contributed by atoms with Crippen LogP contribution in [0.15, 0.2) is 36.7 Å². The van der Waals surface area contributed by atoms with Gasteiger partial charge in [0, 0.05) is 18.4 Å². The molecule has 6 heteroatoms. The van der Waals surface area contributed by atoms with E-state index in [1.807, 2.05) is 29.9 Å². The van der Waals surface area contributed by atoms with Crippen LogP contribution in [0.1, 0.15) is 24.2 Å². The zero-order valence-electron chi connectivity index (χ0n) is 12.2. The lowest BCUT2D eigenvalue weighted by Gasteiger charge is -2.18. The number of hydrogen-bond acceptors (Lipinski definition) is 5. The van der Waals surface area contributed by atoms with Crippen molar-refractivity contribution in [2.24, 2.45) is 0 Å². The van der Waals surface area contributed by atoms with Crippen molar-refractivity contribution in [2.75, 3.05) is 17.7 Å². The van der Waals surface area contributed by atoms with Crippen molar-refractivity contribution in [3.8, 4) is 0 Å². The van der Waals surface area contributed by atoms with Crippen molar-refractivity contribution in [2.45, 2.75) is 26.4 Å². The summed E-state index contributed by atoms with van der Waals surface area (Å²) in [7, 11) is 0. The summed E-state index contributed by atoms with van der Waals surface area (Å²) >= 11 is 0. The minimum absolute atomic E-state index is 0.115. The SMILES string of the molecule is CCOC(=O)c1cccc(NC(C)Cn2cccn2)c1N. The molecule has 0 bridgehead atoms. The highest BCUT2D eigenvalue weighted by Gasteiger charge is 2.14. The first-order chi connectivity index (χ1) is 10.1.